The highest BCUT2D eigenvalue weighted by atomic mass is 16.5. The van der Waals surface area contributed by atoms with E-state index < -0.39 is 0 Å². The van der Waals surface area contributed by atoms with Crippen molar-refractivity contribution in [2.45, 2.75) is 37.4 Å². The van der Waals surface area contributed by atoms with Gasteiger partial charge in [0, 0.05) is 12.6 Å². The molecule has 0 unspecified atom stereocenters. The third kappa shape index (κ3) is 2.49. The van der Waals surface area contributed by atoms with Gasteiger partial charge in [-0.2, -0.15) is 0 Å². The zero-order valence-electron chi connectivity index (χ0n) is 12.3. The summed E-state index contributed by atoms with van der Waals surface area (Å²) in [5.41, 5.74) is -0.350. The number of hydrogen-bond donors (Lipinski definition) is 1. The van der Waals surface area contributed by atoms with Gasteiger partial charge in [-0.1, -0.05) is 5.16 Å². The van der Waals surface area contributed by atoms with Gasteiger partial charge in [0.15, 0.2) is 0 Å². The lowest BCUT2D eigenvalue weighted by Crippen LogP contribution is -2.63. The van der Waals surface area contributed by atoms with Crippen molar-refractivity contribution >= 4 is 11.8 Å². The van der Waals surface area contributed by atoms with E-state index in [2.05, 4.69) is 10.5 Å². The molecule has 7 heteroatoms. The van der Waals surface area contributed by atoms with Crippen LogP contribution in [0.25, 0.3) is 0 Å². The Bertz CT molecular complexity index is 576. The molecule has 118 valence electrons. The molecule has 0 bridgehead atoms. The fraction of sp³-hybridized carbons (Fsp3) is 0.667. The van der Waals surface area contributed by atoms with Crippen molar-refractivity contribution in [3.05, 3.63) is 18.0 Å². The Morgan fingerprint density at radius 1 is 1.36 bits per heavy atom. The van der Waals surface area contributed by atoms with Crippen LogP contribution in [0.5, 0.6) is 0 Å². The number of carbonyl (C=O) groups is 2. The Morgan fingerprint density at radius 3 is 2.86 bits per heavy atom. The van der Waals surface area contributed by atoms with Gasteiger partial charge in [-0.3, -0.25) is 9.59 Å². The van der Waals surface area contributed by atoms with Crippen molar-refractivity contribution < 1.29 is 18.8 Å². The quantitative estimate of drug-likeness (QED) is 0.879. The monoisotopic (exact) mass is 305 g/mol. The zero-order chi connectivity index (χ0) is 15.2. The Morgan fingerprint density at radius 2 is 2.18 bits per heavy atom. The highest BCUT2D eigenvalue weighted by molar-refractivity contribution is 5.92. The van der Waals surface area contributed by atoms with E-state index in [1.807, 2.05) is 0 Å². The van der Waals surface area contributed by atoms with Crippen LogP contribution in [-0.4, -0.2) is 53.2 Å². The molecule has 2 aliphatic heterocycles. The Hall–Kier alpha value is -1.89. The number of nitrogens with zero attached hydrogens (tertiary/aromatic N) is 2. The average Bonchev–Trinajstić information content (AvgIpc) is 2.99. The van der Waals surface area contributed by atoms with Crippen LogP contribution >= 0.6 is 0 Å². The lowest BCUT2D eigenvalue weighted by atomic mass is 9.90. The summed E-state index contributed by atoms with van der Waals surface area (Å²) in [5, 5.41) is 6.50. The summed E-state index contributed by atoms with van der Waals surface area (Å²) in [6.45, 7) is 1.79. The first-order chi connectivity index (χ1) is 10.7. The molecule has 1 saturated carbocycles. The summed E-state index contributed by atoms with van der Waals surface area (Å²) in [6, 6.07) is 1.55. The maximum absolute atomic E-state index is 12.1. The summed E-state index contributed by atoms with van der Waals surface area (Å²) >= 11 is 0. The van der Waals surface area contributed by atoms with E-state index in [4.69, 9.17) is 9.26 Å². The first-order valence-electron chi connectivity index (χ1n) is 7.81. The van der Waals surface area contributed by atoms with Gasteiger partial charge in [0.1, 0.15) is 11.7 Å². The van der Waals surface area contributed by atoms with Crippen LogP contribution in [0.4, 0.5) is 0 Å². The normalized spacial score (nSPS) is 26.0. The van der Waals surface area contributed by atoms with E-state index in [0.29, 0.717) is 19.0 Å². The van der Waals surface area contributed by atoms with Crippen LogP contribution in [0.3, 0.4) is 0 Å². The van der Waals surface area contributed by atoms with E-state index in [1.54, 1.807) is 11.0 Å². The largest absolute Gasteiger partial charge is 0.358 e. The number of rotatable bonds is 4. The first-order valence-corrected chi connectivity index (χ1v) is 7.81. The second-order valence-corrected chi connectivity index (χ2v) is 6.55. The minimum absolute atomic E-state index is 0.0104. The van der Waals surface area contributed by atoms with Crippen molar-refractivity contribution in [3.8, 4) is 0 Å². The number of likely N-dealkylation sites (tertiary alicyclic amines) is 1. The second-order valence-electron chi connectivity index (χ2n) is 6.55. The fourth-order valence-corrected chi connectivity index (χ4v) is 3.19. The zero-order valence-corrected chi connectivity index (χ0v) is 12.3. The Balaban J connectivity index is 1.28. The summed E-state index contributed by atoms with van der Waals surface area (Å²) in [5.74, 6) is 0.724. The third-order valence-corrected chi connectivity index (χ3v) is 4.70. The number of ether oxygens (including phenoxy) is 1. The van der Waals surface area contributed by atoms with E-state index in [-0.39, 0.29) is 29.3 Å². The first kappa shape index (κ1) is 13.8. The number of amides is 2. The molecular weight excluding hydrogens is 286 g/mol. The summed E-state index contributed by atoms with van der Waals surface area (Å²) in [7, 11) is 0. The molecule has 3 fully saturated rings. The third-order valence-electron chi connectivity index (χ3n) is 4.70. The molecule has 1 spiro atoms. The van der Waals surface area contributed by atoms with Gasteiger partial charge in [-0.05, 0) is 31.6 Å². The molecule has 2 saturated heterocycles. The van der Waals surface area contributed by atoms with Gasteiger partial charge in [0.2, 0.25) is 11.7 Å². The van der Waals surface area contributed by atoms with Crippen LogP contribution < -0.4 is 5.32 Å². The smallest absolute Gasteiger partial charge is 0.292 e. The molecule has 3 aliphatic rings. The van der Waals surface area contributed by atoms with E-state index in [0.717, 1.165) is 19.4 Å². The van der Waals surface area contributed by atoms with Gasteiger partial charge < -0.3 is 19.5 Å². The number of aromatic nitrogens is 1. The Kier molecular flexibility index (Phi) is 3.18. The van der Waals surface area contributed by atoms with E-state index in [1.165, 1.54) is 19.0 Å². The summed E-state index contributed by atoms with van der Waals surface area (Å²) in [4.78, 5) is 25.8. The van der Waals surface area contributed by atoms with Crippen LogP contribution in [0, 0.1) is 5.92 Å². The summed E-state index contributed by atoms with van der Waals surface area (Å²) < 4.78 is 10.8. The second kappa shape index (κ2) is 5.08. The molecule has 1 atom stereocenters. The molecule has 0 aromatic carbocycles. The van der Waals surface area contributed by atoms with Gasteiger partial charge in [0.25, 0.3) is 5.91 Å². The molecule has 1 aromatic rings. The molecule has 1 aromatic heterocycles. The molecule has 4 rings (SSSR count). The van der Waals surface area contributed by atoms with Crippen LogP contribution in [0.1, 0.15) is 36.2 Å². The maximum atomic E-state index is 12.1. The highest BCUT2D eigenvalue weighted by Gasteiger charge is 2.53. The maximum Gasteiger partial charge on any atom is 0.292 e. The van der Waals surface area contributed by atoms with Gasteiger partial charge in [0.05, 0.1) is 19.3 Å². The number of hydrogen-bond acceptors (Lipinski definition) is 5. The van der Waals surface area contributed by atoms with E-state index >= 15 is 0 Å². The molecule has 1 N–H and O–H groups in total. The lowest BCUT2D eigenvalue weighted by molar-refractivity contribution is -0.150. The van der Waals surface area contributed by atoms with Crippen molar-refractivity contribution in [2.75, 3.05) is 19.6 Å². The van der Waals surface area contributed by atoms with Crippen LogP contribution in [0.2, 0.25) is 0 Å². The standard InChI is InChI=1S/C15H19N3O4/c19-13(16-7-10-1-2-10)11-3-5-15(21-11)8-18(9-15)14(20)12-4-6-17-22-12/h4,6,10-11H,1-3,5,7-9H2,(H,16,19)/t11-/m0/s1. The number of nitrogens with one attached hydrogen (secondary N) is 1. The van der Waals surface area contributed by atoms with Crippen molar-refractivity contribution in [2.24, 2.45) is 5.92 Å². The predicted octanol–water partition coefficient (Wildman–Crippen LogP) is 0.574. The molecule has 2 amide bonds. The number of carbonyl (C=O) groups excluding carboxylic acids is 2. The topological polar surface area (TPSA) is 84.7 Å². The Labute approximate surface area is 128 Å². The molecule has 22 heavy (non-hydrogen) atoms. The van der Waals surface area contributed by atoms with E-state index in [9.17, 15) is 9.59 Å². The predicted molar refractivity (Wildman–Crippen MR) is 75.0 cm³/mol. The van der Waals surface area contributed by atoms with Gasteiger partial charge in [-0.25, -0.2) is 0 Å². The lowest BCUT2D eigenvalue weighted by Gasteiger charge is -2.46. The molecule has 1 aliphatic carbocycles. The molecule has 0 radical (unpaired) electrons. The van der Waals surface area contributed by atoms with Gasteiger partial charge >= 0.3 is 0 Å². The van der Waals surface area contributed by atoms with Crippen molar-refractivity contribution in [3.63, 3.8) is 0 Å². The average molecular weight is 305 g/mol. The molecular formula is C15H19N3O4. The fourth-order valence-electron chi connectivity index (χ4n) is 3.19. The SMILES string of the molecule is O=C(NCC1CC1)[C@@H]1CCC2(CN(C(=O)c3ccno3)C2)O1. The van der Waals surface area contributed by atoms with Crippen LogP contribution in [0.15, 0.2) is 16.8 Å². The minimum atomic E-state index is -0.374. The van der Waals surface area contributed by atoms with Gasteiger partial charge in [-0.15, -0.1) is 0 Å². The van der Waals surface area contributed by atoms with Crippen molar-refractivity contribution in [1.82, 2.24) is 15.4 Å². The minimum Gasteiger partial charge on any atom is -0.358 e. The highest BCUT2D eigenvalue weighted by Crippen LogP contribution is 2.39. The van der Waals surface area contributed by atoms with Crippen LogP contribution in [-0.2, 0) is 9.53 Å². The molecule has 3 heterocycles. The van der Waals surface area contributed by atoms with Crippen molar-refractivity contribution in [1.29, 1.82) is 0 Å². The molecule has 7 nitrogen and oxygen atoms in total. The summed E-state index contributed by atoms with van der Waals surface area (Å²) in [6.07, 6.45) is 5.05.